The number of nitrogens with one attached hydrogen (secondary N) is 1. The molecule has 0 saturated heterocycles. The lowest BCUT2D eigenvalue weighted by Crippen LogP contribution is -2.21. The van der Waals surface area contributed by atoms with Gasteiger partial charge in [0.15, 0.2) is 0 Å². The topological polar surface area (TPSA) is 103 Å². The van der Waals surface area contributed by atoms with Gasteiger partial charge in [0, 0.05) is 11.6 Å². The monoisotopic (exact) mass is 413 g/mol. The Kier molecular flexibility index (Phi) is 5.11. The predicted molar refractivity (Wildman–Crippen MR) is 98.4 cm³/mol. The number of aromatic nitrogens is 3. The maximum atomic E-state index is 13.0. The van der Waals surface area contributed by atoms with E-state index in [4.69, 9.17) is 17.3 Å². The van der Waals surface area contributed by atoms with E-state index in [-0.39, 0.29) is 21.9 Å². The lowest BCUT2D eigenvalue weighted by atomic mass is 10.1. The van der Waals surface area contributed by atoms with Gasteiger partial charge in [-0.15, -0.1) is 11.3 Å². The van der Waals surface area contributed by atoms with Crippen LogP contribution in [0, 0.1) is 13.8 Å². The Balaban J connectivity index is 2.00. The number of alkyl halides is 2. The molecule has 0 radical (unpaired) electrons. The molecule has 0 atom stereocenters. The molecule has 0 spiro atoms. The van der Waals surface area contributed by atoms with Crippen LogP contribution in [0.2, 0.25) is 5.02 Å². The van der Waals surface area contributed by atoms with Crippen LogP contribution in [0.15, 0.2) is 12.3 Å². The smallest absolute Gasteiger partial charge is 0.280 e. The summed E-state index contributed by atoms with van der Waals surface area (Å²) in [5.74, 6) is -1.27. The summed E-state index contributed by atoms with van der Waals surface area (Å²) in [6.45, 7) is 3.15. The summed E-state index contributed by atoms with van der Waals surface area (Å²) < 4.78 is 27.3. The van der Waals surface area contributed by atoms with Gasteiger partial charge in [0.05, 0.1) is 16.4 Å². The summed E-state index contributed by atoms with van der Waals surface area (Å²) in [6, 6.07) is 1.22. The highest BCUT2D eigenvalue weighted by Gasteiger charge is 2.23. The average molecular weight is 414 g/mol. The second-order valence-corrected chi connectivity index (χ2v) is 7.23. The number of nitrogens with two attached hydrogens (primary N) is 1. The number of aryl methyl sites for hydroxylation is 2. The SMILES string of the molecule is Cc1nn(CC(=O)Nc2c(C(N)=O)sc3nc(C(F)F)cc(C)c23)cc1Cl. The van der Waals surface area contributed by atoms with Gasteiger partial charge >= 0.3 is 0 Å². The van der Waals surface area contributed by atoms with Gasteiger partial charge in [0.25, 0.3) is 12.3 Å². The molecular weight excluding hydrogens is 400 g/mol. The third-order valence-electron chi connectivity index (χ3n) is 3.78. The van der Waals surface area contributed by atoms with Gasteiger partial charge in [0.1, 0.15) is 21.9 Å². The number of hydrogen-bond donors (Lipinski definition) is 2. The van der Waals surface area contributed by atoms with Crippen molar-refractivity contribution in [1.29, 1.82) is 0 Å². The molecule has 0 saturated carbocycles. The molecule has 0 aliphatic heterocycles. The number of amides is 2. The molecule has 3 aromatic rings. The molecule has 142 valence electrons. The summed E-state index contributed by atoms with van der Waals surface area (Å²) in [5.41, 5.74) is 6.17. The van der Waals surface area contributed by atoms with Gasteiger partial charge in [0.2, 0.25) is 5.91 Å². The number of primary amides is 1. The quantitative estimate of drug-likeness (QED) is 0.668. The van der Waals surface area contributed by atoms with Crippen LogP contribution in [0.1, 0.15) is 33.0 Å². The normalized spacial score (nSPS) is 11.3. The first-order valence-corrected chi connectivity index (χ1v) is 8.88. The Bertz CT molecular complexity index is 1040. The fourth-order valence-electron chi connectivity index (χ4n) is 2.61. The molecule has 3 N–H and O–H groups in total. The summed E-state index contributed by atoms with van der Waals surface area (Å²) >= 11 is 6.77. The van der Waals surface area contributed by atoms with E-state index in [1.54, 1.807) is 13.8 Å². The minimum absolute atomic E-state index is 0.0371. The molecule has 11 heteroatoms. The Morgan fingerprint density at radius 1 is 1.41 bits per heavy atom. The van der Waals surface area contributed by atoms with Gasteiger partial charge in [-0.2, -0.15) is 5.10 Å². The summed E-state index contributed by atoms with van der Waals surface area (Å²) in [6.07, 6.45) is -1.25. The van der Waals surface area contributed by atoms with Crippen LogP contribution in [-0.2, 0) is 11.3 Å². The van der Waals surface area contributed by atoms with Crippen molar-refractivity contribution in [3.05, 3.63) is 39.1 Å². The summed E-state index contributed by atoms with van der Waals surface area (Å²) in [7, 11) is 0. The van der Waals surface area contributed by atoms with E-state index in [1.165, 1.54) is 16.9 Å². The molecule has 2 amide bonds. The Morgan fingerprint density at radius 3 is 2.67 bits per heavy atom. The number of pyridine rings is 1. The van der Waals surface area contributed by atoms with Crippen LogP contribution in [0.3, 0.4) is 0 Å². The van der Waals surface area contributed by atoms with E-state index < -0.39 is 23.9 Å². The molecule has 27 heavy (non-hydrogen) atoms. The minimum Gasteiger partial charge on any atom is -0.365 e. The molecule has 3 aromatic heterocycles. The molecular formula is C16H14ClF2N5O2S. The van der Waals surface area contributed by atoms with E-state index in [9.17, 15) is 18.4 Å². The first-order chi connectivity index (χ1) is 12.7. The zero-order chi connectivity index (χ0) is 19.9. The summed E-state index contributed by atoms with van der Waals surface area (Å²) in [4.78, 5) is 28.3. The minimum atomic E-state index is -2.75. The Hall–Kier alpha value is -2.59. The van der Waals surface area contributed by atoms with Crippen LogP contribution in [-0.4, -0.2) is 26.6 Å². The third kappa shape index (κ3) is 3.76. The number of halogens is 3. The second-order valence-electron chi connectivity index (χ2n) is 5.82. The Morgan fingerprint density at radius 2 is 2.11 bits per heavy atom. The fourth-order valence-corrected chi connectivity index (χ4v) is 3.83. The number of nitrogens with zero attached hydrogens (tertiary/aromatic N) is 3. The van der Waals surface area contributed by atoms with Crippen molar-refractivity contribution in [1.82, 2.24) is 14.8 Å². The molecule has 7 nitrogen and oxygen atoms in total. The second kappa shape index (κ2) is 7.20. The van der Waals surface area contributed by atoms with E-state index in [0.29, 0.717) is 21.7 Å². The number of thiophene rings is 1. The molecule has 3 heterocycles. The molecule has 0 aromatic carbocycles. The van der Waals surface area contributed by atoms with Crippen LogP contribution >= 0.6 is 22.9 Å². The molecule has 3 rings (SSSR count). The van der Waals surface area contributed by atoms with Crippen molar-refractivity contribution in [2.45, 2.75) is 26.8 Å². The van der Waals surface area contributed by atoms with E-state index in [1.807, 2.05) is 0 Å². The number of carbonyl (C=O) groups is 2. The highest BCUT2D eigenvalue weighted by atomic mass is 35.5. The highest BCUT2D eigenvalue weighted by molar-refractivity contribution is 7.21. The van der Waals surface area contributed by atoms with Crippen LogP contribution < -0.4 is 11.1 Å². The van der Waals surface area contributed by atoms with Crippen LogP contribution in [0.5, 0.6) is 0 Å². The molecule has 0 bridgehead atoms. The first kappa shape index (κ1) is 19.2. The van der Waals surface area contributed by atoms with Crippen LogP contribution in [0.25, 0.3) is 10.2 Å². The molecule has 0 unspecified atom stereocenters. The number of hydrogen-bond acceptors (Lipinski definition) is 5. The molecule has 0 aliphatic carbocycles. The lowest BCUT2D eigenvalue weighted by molar-refractivity contribution is -0.116. The van der Waals surface area contributed by atoms with E-state index in [2.05, 4.69) is 15.4 Å². The maximum Gasteiger partial charge on any atom is 0.280 e. The van der Waals surface area contributed by atoms with Crippen molar-refractivity contribution in [3.63, 3.8) is 0 Å². The standard InChI is InChI=1S/C16H14ClF2N5O2S/c1-6-3-9(14(18)19)21-16-11(6)12(13(27-16)15(20)26)22-10(25)5-24-4-8(17)7(2)23-24/h3-4,14H,5H2,1-2H3,(H2,20,26)(H,22,25). The zero-order valence-electron chi connectivity index (χ0n) is 14.2. The molecule has 0 fully saturated rings. The van der Waals surface area contributed by atoms with Crippen molar-refractivity contribution in [2.24, 2.45) is 5.73 Å². The highest BCUT2D eigenvalue weighted by Crippen LogP contribution is 2.38. The third-order valence-corrected chi connectivity index (χ3v) is 5.25. The zero-order valence-corrected chi connectivity index (χ0v) is 15.8. The first-order valence-electron chi connectivity index (χ1n) is 7.68. The number of rotatable bonds is 5. The number of anilines is 1. The summed E-state index contributed by atoms with van der Waals surface area (Å²) in [5, 5.41) is 7.53. The predicted octanol–water partition coefficient (Wildman–Crippen LogP) is 3.44. The number of fused-ring (bicyclic) bond motifs is 1. The van der Waals surface area contributed by atoms with Gasteiger partial charge in [-0.3, -0.25) is 14.3 Å². The van der Waals surface area contributed by atoms with Crippen molar-refractivity contribution >= 4 is 50.7 Å². The van der Waals surface area contributed by atoms with Crippen molar-refractivity contribution in [3.8, 4) is 0 Å². The Labute approximate surface area is 161 Å². The van der Waals surface area contributed by atoms with Gasteiger partial charge in [-0.1, -0.05) is 11.6 Å². The lowest BCUT2D eigenvalue weighted by Gasteiger charge is -2.08. The maximum absolute atomic E-state index is 13.0. The van der Waals surface area contributed by atoms with Gasteiger partial charge in [-0.05, 0) is 25.5 Å². The number of carbonyl (C=O) groups excluding carboxylic acids is 2. The fraction of sp³-hybridized carbons (Fsp3) is 0.250. The van der Waals surface area contributed by atoms with Crippen molar-refractivity contribution in [2.75, 3.05) is 5.32 Å². The van der Waals surface area contributed by atoms with E-state index in [0.717, 1.165) is 11.3 Å². The largest absolute Gasteiger partial charge is 0.365 e. The van der Waals surface area contributed by atoms with Gasteiger partial charge < -0.3 is 11.1 Å². The van der Waals surface area contributed by atoms with Crippen molar-refractivity contribution < 1.29 is 18.4 Å². The van der Waals surface area contributed by atoms with E-state index >= 15 is 0 Å². The molecule has 0 aliphatic rings. The average Bonchev–Trinajstić information content (AvgIpc) is 3.08. The van der Waals surface area contributed by atoms with Crippen LogP contribution in [0.4, 0.5) is 14.5 Å². The van der Waals surface area contributed by atoms with Gasteiger partial charge in [-0.25, -0.2) is 13.8 Å².